The molecular weight excluding hydrogens is 546 g/mol. The number of methoxy groups -OCH3 is 1. The number of hydrogen-bond donors (Lipinski definition) is 6. The Morgan fingerprint density at radius 2 is 1.57 bits per heavy atom. The number of aliphatic hydroxyl groups is 1. The minimum absolute atomic E-state index is 0.0223. The van der Waals surface area contributed by atoms with Crippen LogP contribution in [0.5, 0.6) is 5.75 Å². The van der Waals surface area contributed by atoms with E-state index in [4.69, 9.17) is 16.2 Å². The van der Waals surface area contributed by atoms with Gasteiger partial charge in [-0.2, -0.15) is 0 Å². The second-order valence-electron chi connectivity index (χ2n) is 10.8. The van der Waals surface area contributed by atoms with Gasteiger partial charge in [-0.1, -0.05) is 32.4 Å². The van der Waals surface area contributed by atoms with Gasteiger partial charge in [0.25, 0.3) is 0 Å². The maximum Gasteiger partial charge on any atom is 0.329 e. The second-order valence-corrected chi connectivity index (χ2v) is 10.8. The van der Waals surface area contributed by atoms with Crippen molar-refractivity contribution in [3.63, 3.8) is 0 Å². The molecule has 0 spiro atoms. The third kappa shape index (κ3) is 11.4. The number of nitrogens with two attached hydrogens (primary N) is 2. The molecule has 3 unspecified atom stereocenters. The predicted molar refractivity (Wildman–Crippen MR) is 156 cm³/mol. The molecule has 0 aliphatic carbocycles. The van der Waals surface area contributed by atoms with E-state index in [0.717, 1.165) is 30.4 Å². The normalized spacial score (nSPS) is 14.7. The minimum Gasteiger partial charge on any atom is -0.508 e. The van der Waals surface area contributed by atoms with Gasteiger partial charge in [-0.3, -0.25) is 24.1 Å². The fourth-order valence-electron chi connectivity index (χ4n) is 4.24. The summed E-state index contributed by atoms with van der Waals surface area (Å²) >= 11 is 0. The van der Waals surface area contributed by atoms with Crippen LogP contribution in [0.2, 0.25) is 0 Å². The molecule has 0 saturated heterocycles. The van der Waals surface area contributed by atoms with Crippen molar-refractivity contribution >= 4 is 29.6 Å². The van der Waals surface area contributed by atoms with E-state index in [1.807, 2.05) is 12.1 Å². The number of aryl methyl sites for hydroxylation is 1. The number of amides is 4. The third-order valence-corrected chi connectivity index (χ3v) is 6.88. The zero-order valence-electron chi connectivity index (χ0n) is 25.2. The maximum absolute atomic E-state index is 13.6. The van der Waals surface area contributed by atoms with Crippen molar-refractivity contribution in [1.82, 2.24) is 15.5 Å². The highest BCUT2D eigenvalue weighted by Crippen LogP contribution is 2.19. The lowest BCUT2D eigenvalue weighted by molar-refractivity contribution is -0.163. The van der Waals surface area contributed by atoms with Gasteiger partial charge >= 0.3 is 5.97 Å². The first-order valence-electron chi connectivity index (χ1n) is 14.2. The quantitative estimate of drug-likeness (QED) is 0.105. The molecule has 13 nitrogen and oxygen atoms in total. The van der Waals surface area contributed by atoms with Gasteiger partial charge in [0.05, 0.1) is 19.2 Å². The maximum atomic E-state index is 13.6. The van der Waals surface area contributed by atoms with Crippen molar-refractivity contribution in [2.24, 2.45) is 23.3 Å². The van der Waals surface area contributed by atoms with E-state index in [2.05, 4.69) is 10.6 Å². The Hall–Kier alpha value is -3.55. The number of ether oxygens (including phenoxy) is 1. The smallest absolute Gasteiger partial charge is 0.329 e. The van der Waals surface area contributed by atoms with Crippen LogP contribution in [0.25, 0.3) is 0 Å². The number of rotatable bonds is 17. The number of hydrogen-bond acceptors (Lipinski definition) is 10. The molecule has 13 heteroatoms. The summed E-state index contributed by atoms with van der Waals surface area (Å²) in [6, 6.07) is 2.43. The van der Waals surface area contributed by atoms with Crippen LogP contribution in [0, 0.1) is 11.8 Å². The van der Waals surface area contributed by atoms with Gasteiger partial charge < -0.3 is 37.1 Å². The average molecular weight is 594 g/mol. The van der Waals surface area contributed by atoms with Gasteiger partial charge in [0.2, 0.25) is 23.6 Å². The molecule has 0 saturated carbocycles. The van der Waals surface area contributed by atoms with Crippen molar-refractivity contribution < 1.29 is 38.9 Å². The Morgan fingerprint density at radius 3 is 2.10 bits per heavy atom. The minimum atomic E-state index is -1.44. The number of esters is 1. The molecule has 8 N–H and O–H groups in total. The number of aromatic hydroxyl groups is 1. The number of imide groups is 1. The molecule has 0 aliphatic rings. The Balaban J connectivity index is 2.95. The van der Waals surface area contributed by atoms with E-state index in [-0.39, 0.29) is 18.7 Å². The average Bonchev–Trinajstić information content (AvgIpc) is 2.95. The van der Waals surface area contributed by atoms with Gasteiger partial charge in [-0.05, 0) is 56.7 Å². The Labute approximate surface area is 247 Å². The third-order valence-electron chi connectivity index (χ3n) is 6.88. The van der Waals surface area contributed by atoms with Gasteiger partial charge in [-0.25, -0.2) is 4.79 Å². The molecule has 42 heavy (non-hydrogen) atoms. The molecular formula is C29H47N5O8. The molecule has 0 radical (unpaired) electrons. The summed E-state index contributed by atoms with van der Waals surface area (Å²) in [5.41, 5.74) is 12.8. The molecule has 1 rings (SSSR count). The van der Waals surface area contributed by atoms with Gasteiger partial charge in [0.15, 0.2) is 0 Å². The Bertz CT molecular complexity index is 1050. The summed E-state index contributed by atoms with van der Waals surface area (Å²) < 4.78 is 4.88. The molecule has 4 amide bonds. The predicted octanol–water partition coefficient (Wildman–Crippen LogP) is -0.0482. The summed E-state index contributed by atoms with van der Waals surface area (Å²) in [5.74, 6) is -4.67. The largest absolute Gasteiger partial charge is 0.508 e. The highest BCUT2D eigenvalue weighted by molar-refractivity contribution is 6.01. The SMILES string of the molecule is COC(=O)C(C(C)C)N(C(=O)CCCCCc1ccc(O)cc1)C(=O)C(N)C(CO)CNC(=O)[C@H](C)NC(=O)[C@H](C)N. The van der Waals surface area contributed by atoms with Crippen LogP contribution < -0.4 is 22.1 Å². The monoisotopic (exact) mass is 593 g/mol. The number of unbranched alkanes of at least 4 members (excludes halogenated alkanes) is 2. The van der Waals surface area contributed by atoms with Gasteiger partial charge in [0.1, 0.15) is 17.8 Å². The van der Waals surface area contributed by atoms with Crippen LogP contribution in [0.1, 0.15) is 58.9 Å². The molecule has 5 atom stereocenters. The summed E-state index contributed by atoms with van der Waals surface area (Å²) in [5, 5.41) is 24.4. The van der Waals surface area contributed by atoms with Crippen LogP contribution in [0.3, 0.4) is 0 Å². The lowest BCUT2D eigenvalue weighted by Crippen LogP contribution is -2.59. The van der Waals surface area contributed by atoms with Crippen LogP contribution in [-0.2, 0) is 35.1 Å². The molecule has 236 valence electrons. The highest BCUT2D eigenvalue weighted by Gasteiger charge is 2.41. The molecule has 0 heterocycles. The topological polar surface area (TPSA) is 214 Å². The first-order chi connectivity index (χ1) is 19.7. The summed E-state index contributed by atoms with van der Waals surface area (Å²) in [6.45, 7) is 5.42. The number of carbonyl (C=O) groups excluding carboxylic acids is 5. The lowest BCUT2D eigenvalue weighted by atomic mass is 9.95. The number of nitrogens with zero attached hydrogens (tertiary/aromatic N) is 1. The first-order valence-corrected chi connectivity index (χ1v) is 14.2. The fraction of sp³-hybridized carbons (Fsp3) is 0.621. The zero-order valence-corrected chi connectivity index (χ0v) is 25.2. The van der Waals surface area contributed by atoms with E-state index in [1.54, 1.807) is 26.0 Å². The van der Waals surface area contributed by atoms with Crippen molar-refractivity contribution in [3.05, 3.63) is 29.8 Å². The number of nitrogens with one attached hydrogen (secondary N) is 2. The van der Waals surface area contributed by atoms with E-state index in [0.29, 0.717) is 12.8 Å². The molecule has 1 aromatic rings. The Kier molecular flexibility index (Phi) is 15.7. The van der Waals surface area contributed by atoms with E-state index >= 15 is 0 Å². The number of benzene rings is 1. The van der Waals surface area contributed by atoms with Crippen LogP contribution in [0.4, 0.5) is 0 Å². The number of aliphatic hydroxyl groups excluding tert-OH is 1. The summed E-state index contributed by atoms with van der Waals surface area (Å²) in [6.07, 6.45) is 2.62. The van der Waals surface area contributed by atoms with Crippen molar-refractivity contribution in [2.75, 3.05) is 20.3 Å². The van der Waals surface area contributed by atoms with Gasteiger partial charge in [0, 0.05) is 25.5 Å². The number of phenolic OH excluding ortho intramolecular Hbond substituents is 1. The summed E-state index contributed by atoms with van der Waals surface area (Å²) in [7, 11) is 1.16. The number of phenols is 1. The van der Waals surface area contributed by atoms with Crippen LogP contribution in [-0.4, -0.2) is 89.1 Å². The molecule has 0 aromatic heterocycles. The second kappa shape index (κ2) is 18.1. The van der Waals surface area contributed by atoms with Crippen LogP contribution in [0.15, 0.2) is 24.3 Å². The fourth-order valence-corrected chi connectivity index (χ4v) is 4.24. The van der Waals surface area contributed by atoms with E-state index in [9.17, 15) is 34.2 Å². The summed E-state index contributed by atoms with van der Waals surface area (Å²) in [4.78, 5) is 64.7. The first kappa shape index (κ1) is 36.5. The van der Waals surface area contributed by atoms with Crippen molar-refractivity contribution in [3.8, 4) is 5.75 Å². The molecule has 0 aliphatic heterocycles. The van der Waals surface area contributed by atoms with Crippen molar-refractivity contribution in [1.29, 1.82) is 0 Å². The van der Waals surface area contributed by atoms with E-state index < -0.39 is 72.2 Å². The molecule has 0 bridgehead atoms. The van der Waals surface area contributed by atoms with Crippen molar-refractivity contribution in [2.45, 2.75) is 84.0 Å². The molecule has 0 fully saturated rings. The Morgan fingerprint density at radius 1 is 0.952 bits per heavy atom. The lowest BCUT2D eigenvalue weighted by Gasteiger charge is -2.34. The van der Waals surface area contributed by atoms with Crippen LogP contribution >= 0.6 is 0 Å². The highest BCUT2D eigenvalue weighted by atomic mass is 16.5. The zero-order chi connectivity index (χ0) is 32.0. The van der Waals surface area contributed by atoms with Gasteiger partial charge in [-0.15, -0.1) is 0 Å². The standard InChI is InChI=1S/C29H47N5O8/c1-17(2)25(29(41)42-5)34(23(37)10-8-6-7-9-20-11-13-22(36)14-12-20)28(40)24(31)21(16-35)15-32-27(39)19(4)33-26(38)18(3)30/h11-14,17-19,21,24-25,35-36H,6-10,15-16,30-31H2,1-5H3,(H,32,39)(H,33,38)/t18-,19-,21?,24?,25?/m0/s1. The molecule has 1 aromatic carbocycles. The van der Waals surface area contributed by atoms with E-state index in [1.165, 1.54) is 13.8 Å². The number of carbonyl (C=O) groups is 5.